The zero-order valence-electron chi connectivity index (χ0n) is 8.01. The normalized spacial score (nSPS) is 11.8. The van der Waals surface area contributed by atoms with Crippen LogP contribution in [0.3, 0.4) is 0 Å². The number of hydrogen-bond donors (Lipinski definition) is 1. The number of sulfone groups is 1. The number of hydrogen-bond acceptors (Lipinski definition) is 5. The Bertz CT molecular complexity index is 622. The molecule has 0 unspecified atom stereocenters. The van der Waals surface area contributed by atoms with E-state index in [4.69, 9.17) is 5.73 Å². The molecule has 0 amide bonds. The Morgan fingerprint density at radius 1 is 1.33 bits per heavy atom. The maximum atomic E-state index is 11.3. The molecule has 0 fully saturated rings. The first-order valence-corrected chi connectivity index (χ1v) is 6.08. The highest BCUT2D eigenvalue weighted by Gasteiger charge is 2.07. The number of fused-ring (bicyclic) bond motifs is 1. The molecule has 0 saturated heterocycles. The minimum absolute atomic E-state index is 0.176. The van der Waals surface area contributed by atoms with Crippen molar-refractivity contribution in [1.29, 1.82) is 0 Å². The second kappa shape index (κ2) is 3.16. The third kappa shape index (κ3) is 1.89. The summed E-state index contributed by atoms with van der Waals surface area (Å²) in [5.41, 5.74) is 6.04. The molecule has 2 rings (SSSR count). The number of rotatable bonds is 1. The Labute approximate surface area is 86.9 Å². The van der Waals surface area contributed by atoms with Crippen LogP contribution in [0.15, 0.2) is 29.3 Å². The number of nitrogen functional groups attached to an aromatic ring is 1. The first kappa shape index (κ1) is 9.85. The zero-order valence-corrected chi connectivity index (χ0v) is 8.82. The number of nitrogens with two attached hydrogens (primary N) is 1. The van der Waals surface area contributed by atoms with E-state index in [0.29, 0.717) is 10.9 Å². The summed E-state index contributed by atoms with van der Waals surface area (Å²) in [6.07, 6.45) is 2.67. The van der Waals surface area contributed by atoms with Crippen LogP contribution in [0.2, 0.25) is 0 Å². The van der Waals surface area contributed by atoms with Crippen LogP contribution in [0, 0.1) is 0 Å². The molecule has 0 aliphatic heterocycles. The van der Waals surface area contributed by atoms with Crippen molar-refractivity contribution < 1.29 is 8.42 Å². The van der Waals surface area contributed by atoms with E-state index in [-0.39, 0.29) is 10.8 Å². The fraction of sp³-hybridized carbons (Fsp3) is 0.111. The topological polar surface area (TPSA) is 85.9 Å². The van der Waals surface area contributed by atoms with Gasteiger partial charge >= 0.3 is 0 Å². The summed E-state index contributed by atoms with van der Waals surface area (Å²) in [6.45, 7) is 0. The molecule has 78 valence electrons. The van der Waals surface area contributed by atoms with E-state index in [9.17, 15) is 8.42 Å². The van der Waals surface area contributed by atoms with Crippen molar-refractivity contribution in [1.82, 2.24) is 9.97 Å². The van der Waals surface area contributed by atoms with Gasteiger partial charge in [-0.05, 0) is 18.2 Å². The van der Waals surface area contributed by atoms with Gasteiger partial charge in [-0.15, -0.1) is 0 Å². The highest BCUT2D eigenvalue weighted by Crippen LogP contribution is 2.17. The summed E-state index contributed by atoms with van der Waals surface area (Å²) >= 11 is 0. The molecule has 0 saturated carbocycles. The molecular formula is C9H9N3O2S. The Morgan fingerprint density at radius 2 is 2.07 bits per heavy atom. The van der Waals surface area contributed by atoms with Crippen LogP contribution in [0.1, 0.15) is 0 Å². The molecule has 0 radical (unpaired) electrons. The maximum Gasteiger partial charge on any atom is 0.220 e. The van der Waals surface area contributed by atoms with E-state index in [2.05, 4.69) is 9.97 Å². The Hall–Kier alpha value is -1.69. The van der Waals surface area contributed by atoms with Crippen molar-refractivity contribution >= 4 is 26.7 Å². The third-order valence-corrected chi connectivity index (χ3v) is 3.11. The minimum atomic E-state index is -3.19. The van der Waals surface area contributed by atoms with Crippen molar-refractivity contribution in [2.75, 3.05) is 12.0 Å². The second-order valence-corrected chi connectivity index (χ2v) is 5.24. The Morgan fingerprint density at radius 3 is 2.73 bits per heavy atom. The lowest BCUT2D eigenvalue weighted by Crippen LogP contribution is -1.98. The van der Waals surface area contributed by atoms with Gasteiger partial charge in [0.15, 0.2) is 9.84 Å². The van der Waals surface area contributed by atoms with Crippen LogP contribution in [0.25, 0.3) is 10.9 Å². The molecule has 2 aromatic rings. The molecule has 0 aliphatic rings. The molecule has 0 atom stereocenters. The molecule has 1 heterocycles. The van der Waals surface area contributed by atoms with Crippen molar-refractivity contribution in [3.63, 3.8) is 0 Å². The van der Waals surface area contributed by atoms with Crippen LogP contribution in [0.5, 0.6) is 0 Å². The van der Waals surface area contributed by atoms with E-state index < -0.39 is 9.84 Å². The SMILES string of the molecule is CS(=O)(=O)c1ccc2nc(N)ncc2c1. The fourth-order valence-electron chi connectivity index (χ4n) is 1.26. The van der Waals surface area contributed by atoms with Crippen molar-refractivity contribution in [2.45, 2.75) is 4.90 Å². The molecule has 0 bridgehead atoms. The van der Waals surface area contributed by atoms with E-state index >= 15 is 0 Å². The van der Waals surface area contributed by atoms with Crippen LogP contribution in [0.4, 0.5) is 5.95 Å². The van der Waals surface area contributed by atoms with Crippen LogP contribution in [-0.2, 0) is 9.84 Å². The molecular weight excluding hydrogens is 214 g/mol. The molecule has 0 aliphatic carbocycles. The summed E-state index contributed by atoms with van der Waals surface area (Å²) in [5, 5.41) is 0.659. The van der Waals surface area contributed by atoms with Gasteiger partial charge in [-0.2, -0.15) is 0 Å². The van der Waals surface area contributed by atoms with Gasteiger partial charge in [0, 0.05) is 17.8 Å². The predicted molar refractivity (Wildman–Crippen MR) is 57.1 cm³/mol. The number of aromatic nitrogens is 2. The van der Waals surface area contributed by atoms with Crippen molar-refractivity contribution in [3.8, 4) is 0 Å². The summed E-state index contributed by atoms with van der Waals surface area (Å²) in [5.74, 6) is 0.176. The van der Waals surface area contributed by atoms with Crippen molar-refractivity contribution in [2.24, 2.45) is 0 Å². The van der Waals surface area contributed by atoms with E-state index in [0.717, 1.165) is 6.26 Å². The lowest BCUT2D eigenvalue weighted by molar-refractivity contribution is 0.602. The largest absolute Gasteiger partial charge is 0.368 e. The molecule has 1 aromatic carbocycles. The fourth-order valence-corrected chi connectivity index (χ4v) is 1.91. The van der Waals surface area contributed by atoms with Crippen molar-refractivity contribution in [3.05, 3.63) is 24.4 Å². The Kier molecular flexibility index (Phi) is 2.08. The highest BCUT2D eigenvalue weighted by atomic mass is 32.2. The standard InChI is InChI=1S/C9H9N3O2S/c1-15(13,14)7-2-3-8-6(4-7)5-11-9(10)12-8/h2-5H,1H3,(H2,10,11,12). The quantitative estimate of drug-likeness (QED) is 0.765. The average molecular weight is 223 g/mol. The third-order valence-electron chi connectivity index (χ3n) is 2.00. The average Bonchev–Trinajstić information content (AvgIpc) is 2.15. The molecule has 15 heavy (non-hydrogen) atoms. The van der Waals surface area contributed by atoms with Gasteiger partial charge < -0.3 is 5.73 Å². The summed E-state index contributed by atoms with van der Waals surface area (Å²) in [6, 6.07) is 4.65. The molecule has 6 heteroatoms. The van der Waals surface area contributed by atoms with Gasteiger partial charge in [0.1, 0.15) is 0 Å². The lowest BCUT2D eigenvalue weighted by Gasteiger charge is -2.01. The maximum absolute atomic E-state index is 11.3. The monoisotopic (exact) mass is 223 g/mol. The van der Waals surface area contributed by atoms with Crippen LogP contribution >= 0.6 is 0 Å². The second-order valence-electron chi connectivity index (χ2n) is 3.22. The smallest absolute Gasteiger partial charge is 0.220 e. The summed E-state index contributed by atoms with van der Waals surface area (Å²) in [7, 11) is -3.19. The highest BCUT2D eigenvalue weighted by molar-refractivity contribution is 7.90. The number of nitrogens with zero attached hydrogens (tertiary/aromatic N) is 2. The van der Waals surface area contributed by atoms with Gasteiger partial charge in [0.25, 0.3) is 0 Å². The van der Waals surface area contributed by atoms with E-state index in [1.54, 1.807) is 6.07 Å². The first-order valence-electron chi connectivity index (χ1n) is 4.19. The van der Waals surface area contributed by atoms with Gasteiger partial charge in [-0.1, -0.05) is 0 Å². The van der Waals surface area contributed by atoms with Gasteiger partial charge in [0.2, 0.25) is 5.95 Å². The van der Waals surface area contributed by atoms with Gasteiger partial charge in [-0.3, -0.25) is 0 Å². The molecule has 2 N–H and O–H groups in total. The zero-order chi connectivity index (χ0) is 11.1. The minimum Gasteiger partial charge on any atom is -0.368 e. The van der Waals surface area contributed by atoms with Gasteiger partial charge in [-0.25, -0.2) is 18.4 Å². The number of benzene rings is 1. The van der Waals surface area contributed by atoms with E-state index in [1.165, 1.54) is 18.3 Å². The van der Waals surface area contributed by atoms with E-state index in [1.807, 2.05) is 0 Å². The lowest BCUT2D eigenvalue weighted by atomic mass is 10.2. The molecule has 1 aromatic heterocycles. The number of anilines is 1. The van der Waals surface area contributed by atoms with Crippen LogP contribution < -0.4 is 5.73 Å². The summed E-state index contributed by atoms with van der Waals surface area (Å²) < 4.78 is 22.6. The van der Waals surface area contributed by atoms with Gasteiger partial charge in [0.05, 0.1) is 10.4 Å². The first-order chi connectivity index (χ1) is 6.97. The van der Waals surface area contributed by atoms with Crippen LogP contribution in [-0.4, -0.2) is 24.6 Å². The molecule has 5 nitrogen and oxygen atoms in total. The molecule has 0 spiro atoms. The Balaban J connectivity index is 2.73. The summed E-state index contributed by atoms with van der Waals surface area (Å²) in [4.78, 5) is 8.03. The predicted octanol–water partition coefficient (Wildman–Crippen LogP) is 0.616.